The quantitative estimate of drug-likeness (QED) is 0.642. The molecule has 0 aliphatic carbocycles. The molecule has 0 radical (unpaired) electrons. The third-order valence-corrected chi connectivity index (χ3v) is 3.48. The Morgan fingerprint density at radius 1 is 0.560 bits per heavy atom. The lowest BCUT2D eigenvalue weighted by atomic mass is 10.2. The first-order valence-electron chi connectivity index (χ1n) is 7.65. The maximum atomic E-state index is 13.3. The average molecular weight is 344 g/mol. The number of pyridine rings is 3. The van der Waals surface area contributed by atoms with Gasteiger partial charge < -0.3 is 0 Å². The van der Waals surface area contributed by atoms with Crippen LogP contribution in [0.5, 0.6) is 0 Å². The van der Waals surface area contributed by atoms with E-state index in [1.54, 1.807) is 36.4 Å². The van der Waals surface area contributed by atoms with Crippen LogP contribution in [0.25, 0.3) is 0 Å². The zero-order chi connectivity index (χ0) is 17.6. The molecule has 7 heteroatoms. The minimum atomic E-state index is -0.579. The predicted octanol–water partition coefficient (Wildman–Crippen LogP) is 3.49. The lowest BCUT2D eigenvalue weighted by Crippen LogP contribution is -2.24. The van der Waals surface area contributed by atoms with Gasteiger partial charge in [-0.2, -0.15) is 13.2 Å². The van der Waals surface area contributed by atoms with Crippen molar-refractivity contribution in [3.63, 3.8) is 0 Å². The summed E-state index contributed by atoms with van der Waals surface area (Å²) in [6.45, 7) is 0.858. The summed E-state index contributed by atoms with van der Waals surface area (Å²) in [6, 6.07) is 13.5. The van der Waals surface area contributed by atoms with Crippen LogP contribution in [-0.4, -0.2) is 19.9 Å². The Labute approximate surface area is 143 Å². The highest BCUT2D eigenvalue weighted by molar-refractivity contribution is 5.09. The molecule has 0 aromatic carbocycles. The molecule has 0 saturated carbocycles. The van der Waals surface area contributed by atoms with Crippen molar-refractivity contribution < 1.29 is 13.2 Å². The van der Waals surface area contributed by atoms with E-state index in [-0.39, 0.29) is 19.6 Å². The summed E-state index contributed by atoms with van der Waals surface area (Å²) in [4.78, 5) is 13.3. The Morgan fingerprint density at radius 3 is 1.16 bits per heavy atom. The maximum Gasteiger partial charge on any atom is 0.213 e. The lowest BCUT2D eigenvalue weighted by molar-refractivity contribution is 0.236. The number of rotatable bonds is 6. The molecule has 0 fully saturated rings. The van der Waals surface area contributed by atoms with Crippen LogP contribution in [0.3, 0.4) is 0 Å². The van der Waals surface area contributed by atoms with E-state index in [0.717, 1.165) is 0 Å². The van der Waals surface area contributed by atoms with Crippen LogP contribution in [-0.2, 0) is 19.6 Å². The summed E-state index contributed by atoms with van der Waals surface area (Å²) in [5, 5.41) is 0. The molecule has 0 N–H and O–H groups in total. The van der Waals surface area contributed by atoms with Gasteiger partial charge in [0.25, 0.3) is 0 Å². The van der Waals surface area contributed by atoms with E-state index in [1.165, 1.54) is 18.2 Å². The number of hydrogen-bond acceptors (Lipinski definition) is 4. The number of nitrogens with zero attached hydrogens (tertiary/aromatic N) is 4. The highest BCUT2D eigenvalue weighted by Crippen LogP contribution is 2.12. The Hall–Kier alpha value is -2.80. The van der Waals surface area contributed by atoms with Gasteiger partial charge >= 0.3 is 0 Å². The number of hydrogen-bond donors (Lipinski definition) is 0. The smallest absolute Gasteiger partial charge is 0.213 e. The summed E-state index contributed by atoms with van der Waals surface area (Å²) >= 11 is 0. The lowest BCUT2D eigenvalue weighted by Gasteiger charge is -2.21. The average Bonchev–Trinajstić information content (AvgIpc) is 2.55. The molecule has 3 aromatic heterocycles. The fraction of sp³-hybridized carbons (Fsp3) is 0.167. The third kappa shape index (κ3) is 5.09. The molecule has 0 atom stereocenters. The van der Waals surface area contributed by atoms with Crippen LogP contribution in [0.4, 0.5) is 13.2 Å². The predicted molar refractivity (Wildman–Crippen MR) is 85.5 cm³/mol. The van der Waals surface area contributed by atoms with Crippen LogP contribution in [0.15, 0.2) is 54.6 Å². The van der Waals surface area contributed by atoms with Gasteiger partial charge in [0.05, 0.1) is 17.1 Å². The van der Waals surface area contributed by atoms with Gasteiger partial charge in [0.1, 0.15) is 0 Å². The van der Waals surface area contributed by atoms with Crippen LogP contribution >= 0.6 is 0 Å². The van der Waals surface area contributed by atoms with Crippen LogP contribution < -0.4 is 0 Å². The molecule has 25 heavy (non-hydrogen) atoms. The van der Waals surface area contributed by atoms with Crippen LogP contribution in [0, 0.1) is 17.8 Å². The van der Waals surface area contributed by atoms with Gasteiger partial charge in [0.2, 0.25) is 17.8 Å². The molecule has 0 bridgehead atoms. The van der Waals surface area contributed by atoms with E-state index in [4.69, 9.17) is 0 Å². The summed E-state index contributed by atoms with van der Waals surface area (Å²) in [5.74, 6) is -1.74. The van der Waals surface area contributed by atoms with Crippen LogP contribution in [0.2, 0.25) is 0 Å². The van der Waals surface area contributed by atoms with E-state index < -0.39 is 17.8 Å². The highest BCUT2D eigenvalue weighted by Gasteiger charge is 2.12. The summed E-state index contributed by atoms with van der Waals surface area (Å²) < 4.78 is 40.0. The van der Waals surface area contributed by atoms with Crippen LogP contribution in [0.1, 0.15) is 17.1 Å². The molecular weight excluding hydrogens is 329 g/mol. The largest absolute Gasteiger partial charge is 0.286 e. The normalized spacial score (nSPS) is 11.0. The molecule has 0 saturated heterocycles. The monoisotopic (exact) mass is 344 g/mol. The maximum absolute atomic E-state index is 13.3. The highest BCUT2D eigenvalue weighted by atomic mass is 19.1. The van der Waals surface area contributed by atoms with Crippen molar-refractivity contribution in [1.82, 2.24) is 19.9 Å². The Bertz CT molecular complexity index is 744. The van der Waals surface area contributed by atoms with E-state index in [2.05, 4.69) is 15.0 Å². The number of aromatic nitrogens is 3. The summed E-state index contributed by atoms with van der Waals surface area (Å²) in [5.41, 5.74) is 1.52. The van der Waals surface area contributed by atoms with Crippen molar-refractivity contribution in [1.29, 1.82) is 0 Å². The van der Waals surface area contributed by atoms with Gasteiger partial charge in [-0.3, -0.25) is 4.90 Å². The molecule has 0 spiro atoms. The van der Waals surface area contributed by atoms with E-state index in [9.17, 15) is 13.2 Å². The Kier molecular flexibility index (Phi) is 5.35. The Morgan fingerprint density at radius 2 is 0.880 bits per heavy atom. The topological polar surface area (TPSA) is 41.9 Å². The molecule has 0 unspecified atom stereocenters. The van der Waals surface area contributed by atoms with E-state index in [1.807, 2.05) is 4.90 Å². The molecule has 0 amide bonds. The second-order valence-electron chi connectivity index (χ2n) is 5.50. The molecular formula is C18H15F3N4. The first-order valence-corrected chi connectivity index (χ1v) is 7.65. The van der Waals surface area contributed by atoms with Gasteiger partial charge in [-0.1, -0.05) is 18.2 Å². The molecule has 0 aliphatic rings. The second kappa shape index (κ2) is 7.85. The van der Waals surface area contributed by atoms with Crippen molar-refractivity contribution >= 4 is 0 Å². The summed E-state index contributed by atoms with van der Waals surface area (Å²) in [6.07, 6.45) is 0. The molecule has 0 aliphatic heterocycles. The van der Waals surface area contributed by atoms with Gasteiger partial charge in [-0.05, 0) is 36.4 Å². The fourth-order valence-corrected chi connectivity index (χ4v) is 2.47. The zero-order valence-electron chi connectivity index (χ0n) is 13.2. The molecule has 3 aromatic rings. The zero-order valence-corrected chi connectivity index (χ0v) is 13.2. The van der Waals surface area contributed by atoms with Crippen molar-refractivity contribution in [2.45, 2.75) is 19.6 Å². The summed E-state index contributed by atoms with van der Waals surface area (Å²) in [7, 11) is 0. The van der Waals surface area contributed by atoms with Gasteiger partial charge in [0.15, 0.2) is 0 Å². The minimum absolute atomic E-state index is 0.286. The molecule has 3 heterocycles. The third-order valence-electron chi connectivity index (χ3n) is 3.48. The fourth-order valence-electron chi connectivity index (χ4n) is 2.47. The van der Waals surface area contributed by atoms with Crippen molar-refractivity contribution in [3.05, 3.63) is 89.5 Å². The van der Waals surface area contributed by atoms with E-state index in [0.29, 0.717) is 17.1 Å². The van der Waals surface area contributed by atoms with Crippen molar-refractivity contribution in [2.24, 2.45) is 0 Å². The molecule has 4 nitrogen and oxygen atoms in total. The Balaban J connectivity index is 1.82. The van der Waals surface area contributed by atoms with Crippen molar-refractivity contribution in [3.8, 4) is 0 Å². The minimum Gasteiger partial charge on any atom is -0.286 e. The van der Waals surface area contributed by atoms with Gasteiger partial charge in [-0.25, -0.2) is 15.0 Å². The first-order chi connectivity index (χ1) is 12.1. The molecule has 3 rings (SSSR count). The number of halogens is 3. The van der Waals surface area contributed by atoms with Gasteiger partial charge in [-0.15, -0.1) is 0 Å². The van der Waals surface area contributed by atoms with E-state index >= 15 is 0 Å². The van der Waals surface area contributed by atoms with Crippen molar-refractivity contribution in [2.75, 3.05) is 0 Å². The molecule has 128 valence electrons. The second-order valence-corrected chi connectivity index (χ2v) is 5.50. The first kappa shape index (κ1) is 17.0. The SMILES string of the molecule is Fc1cccc(CN(Cc2cccc(F)n2)Cc2cccc(F)n2)n1. The standard InChI is InChI=1S/C18H15F3N4/c19-16-7-1-4-13(22-16)10-25(11-14-5-2-8-17(20)23-14)12-15-6-3-9-18(21)24-15/h1-9H,10-12H2. The van der Waals surface area contributed by atoms with Gasteiger partial charge in [0, 0.05) is 19.6 Å².